The van der Waals surface area contributed by atoms with E-state index in [1.165, 1.54) is 18.2 Å². The molecule has 6 heteroatoms. The van der Waals surface area contributed by atoms with Crippen molar-refractivity contribution in [1.29, 1.82) is 0 Å². The van der Waals surface area contributed by atoms with Crippen LogP contribution in [0.1, 0.15) is 22.3 Å². The van der Waals surface area contributed by atoms with E-state index in [-0.39, 0.29) is 11.9 Å². The van der Waals surface area contributed by atoms with E-state index in [0.29, 0.717) is 17.0 Å². The monoisotopic (exact) mass is 285 g/mol. The SMILES string of the molecule is Cc1csc(CC(NN)c2cc(F)ccc2Cl)n1. The van der Waals surface area contributed by atoms with Crippen molar-refractivity contribution < 1.29 is 4.39 Å². The van der Waals surface area contributed by atoms with Gasteiger partial charge >= 0.3 is 0 Å². The summed E-state index contributed by atoms with van der Waals surface area (Å²) in [6.45, 7) is 1.93. The highest BCUT2D eigenvalue weighted by Crippen LogP contribution is 2.27. The fourth-order valence-electron chi connectivity index (χ4n) is 1.71. The second-order valence-electron chi connectivity index (χ2n) is 3.97. The van der Waals surface area contributed by atoms with Gasteiger partial charge in [-0.05, 0) is 30.7 Å². The molecule has 18 heavy (non-hydrogen) atoms. The van der Waals surface area contributed by atoms with Gasteiger partial charge < -0.3 is 0 Å². The molecule has 1 atom stereocenters. The Hall–Kier alpha value is -1.01. The number of hydrazine groups is 1. The summed E-state index contributed by atoms with van der Waals surface area (Å²) in [4.78, 5) is 4.36. The smallest absolute Gasteiger partial charge is 0.123 e. The third-order valence-electron chi connectivity index (χ3n) is 2.58. The molecule has 3 N–H and O–H groups in total. The van der Waals surface area contributed by atoms with Crippen LogP contribution >= 0.6 is 22.9 Å². The van der Waals surface area contributed by atoms with Crippen molar-refractivity contribution in [2.24, 2.45) is 5.84 Å². The van der Waals surface area contributed by atoms with Crippen LogP contribution in [0, 0.1) is 12.7 Å². The van der Waals surface area contributed by atoms with Crippen LogP contribution in [-0.2, 0) is 6.42 Å². The third kappa shape index (κ3) is 3.05. The molecule has 0 aliphatic carbocycles. The Labute approximate surface area is 114 Å². The lowest BCUT2D eigenvalue weighted by molar-refractivity contribution is 0.543. The van der Waals surface area contributed by atoms with Gasteiger partial charge in [0.2, 0.25) is 0 Å². The molecule has 1 aromatic heterocycles. The topological polar surface area (TPSA) is 50.9 Å². The molecule has 3 nitrogen and oxygen atoms in total. The minimum Gasteiger partial charge on any atom is -0.271 e. The highest BCUT2D eigenvalue weighted by Gasteiger charge is 2.16. The van der Waals surface area contributed by atoms with Crippen molar-refractivity contribution in [1.82, 2.24) is 10.4 Å². The van der Waals surface area contributed by atoms with Crippen molar-refractivity contribution in [2.45, 2.75) is 19.4 Å². The zero-order valence-electron chi connectivity index (χ0n) is 9.78. The van der Waals surface area contributed by atoms with E-state index < -0.39 is 0 Å². The summed E-state index contributed by atoms with van der Waals surface area (Å²) >= 11 is 7.62. The van der Waals surface area contributed by atoms with Crippen LogP contribution in [0.2, 0.25) is 5.02 Å². The molecule has 0 saturated carbocycles. The number of nitrogens with two attached hydrogens (primary N) is 1. The second-order valence-corrected chi connectivity index (χ2v) is 5.32. The fraction of sp³-hybridized carbons (Fsp3) is 0.250. The molecule has 1 aromatic carbocycles. The van der Waals surface area contributed by atoms with Crippen LogP contribution in [0.3, 0.4) is 0 Å². The lowest BCUT2D eigenvalue weighted by Gasteiger charge is -2.16. The average Bonchev–Trinajstić information content (AvgIpc) is 2.75. The van der Waals surface area contributed by atoms with Crippen molar-refractivity contribution in [3.8, 4) is 0 Å². The van der Waals surface area contributed by atoms with Crippen LogP contribution < -0.4 is 11.3 Å². The maximum Gasteiger partial charge on any atom is 0.123 e. The van der Waals surface area contributed by atoms with Gasteiger partial charge in [0.25, 0.3) is 0 Å². The standard InChI is InChI=1S/C12H13ClFN3S/c1-7-6-18-12(16-7)5-11(17-15)9-4-8(14)2-3-10(9)13/h2-4,6,11,17H,5,15H2,1H3. The highest BCUT2D eigenvalue weighted by molar-refractivity contribution is 7.09. The lowest BCUT2D eigenvalue weighted by Crippen LogP contribution is -2.29. The summed E-state index contributed by atoms with van der Waals surface area (Å²) in [5.41, 5.74) is 4.27. The molecule has 0 aliphatic rings. The number of benzene rings is 1. The number of thiazole rings is 1. The van der Waals surface area contributed by atoms with Crippen molar-refractivity contribution in [2.75, 3.05) is 0 Å². The summed E-state index contributed by atoms with van der Waals surface area (Å²) in [6.07, 6.45) is 0.582. The first-order valence-corrected chi connectivity index (χ1v) is 6.68. The Bertz CT molecular complexity index is 544. The molecule has 0 bridgehead atoms. The summed E-state index contributed by atoms with van der Waals surface area (Å²) < 4.78 is 13.2. The molecule has 2 aromatic rings. The van der Waals surface area contributed by atoms with Crippen molar-refractivity contribution in [3.63, 3.8) is 0 Å². The summed E-state index contributed by atoms with van der Waals surface area (Å²) in [7, 11) is 0. The summed E-state index contributed by atoms with van der Waals surface area (Å²) in [5, 5.41) is 3.40. The van der Waals surface area contributed by atoms with Gasteiger partial charge in [-0.3, -0.25) is 11.3 Å². The number of nitrogens with one attached hydrogen (secondary N) is 1. The highest BCUT2D eigenvalue weighted by atomic mass is 35.5. The molecule has 0 spiro atoms. The summed E-state index contributed by atoms with van der Waals surface area (Å²) in [6, 6.07) is 4.00. The minimum absolute atomic E-state index is 0.251. The Morgan fingerprint density at radius 3 is 2.94 bits per heavy atom. The minimum atomic E-state index is -0.329. The maximum atomic E-state index is 13.2. The van der Waals surface area contributed by atoms with Gasteiger partial charge in [0.1, 0.15) is 5.82 Å². The molecule has 0 radical (unpaired) electrons. The number of halogens is 2. The van der Waals surface area contributed by atoms with Crippen LogP contribution in [0.25, 0.3) is 0 Å². The van der Waals surface area contributed by atoms with E-state index in [0.717, 1.165) is 10.7 Å². The van der Waals surface area contributed by atoms with E-state index >= 15 is 0 Å². The van der Waals surface area contributed by atoms with Gasteiger partial charge in [-0.1, -0.05) is 11.6 Å². The number of aromatic nitrogens is 1. The van der Waals surface area contributed by atoms with Gasteiger partial charge in [-0.2, -0.15) is 0 Å². The van der Waals surface area contributed by atoms with E-state index in [4.69, 9.17) is 17.4 Å². The molecule has 2 rings (SSSR count). The van der Waals surface area contributed by atoms with E-state index in [2.05, 4.69) is 10.4 Å². The molecule has 96 valence electrons. The van der Waals surface area contributed by atoms with E-state index in [1.54, 1.807) is 11.3 Å². The Morgan fingerprint density at radius 2 is 2.33 bits per heavy atom. The average molecular weight is 286 g/mol. The van der Waals surface area contributed by atoms with Gasteiger partial charge in [0, 0.05) is 22.5 Å². The molecule has 0 aliphatic heterocycles. The Balaban J connectivity index is 2.25. The molecule has 0 amide bonds. The van der Waals surface area contributed by atoms with E-state index in [9.17, 15) is 4.39 Å². The van der Waals surface area contributed by atoms with Crippen LogP contribution in [0.15, 0.2) is 23.6 Å². The normalized spacial score (nSPS) is 12.7. The molecule has 1 unspecified atom stereocenters. The lowest BCUT2D eigenvalue weighted by atomic mass is 10.0. The predicted octanol–water partition coefficient (Wildman–Crippen LogP) is 2.99. The van der Waals surface area contributed by atoms with E-state index in [1.807, 2.05) is 12.3 Å². The number of hydrogen-bond acceptors (Lipinski definition) is 4. The second kappa shape index (κ2) is 5.75. The third-order valence-corrected chi connectivity index (χ3v) is 3.91. The van der Waals surface area contributed by atoms with Gasteiger partial charge in [-0.15, -0.1) is 11.3 Å². The van der Waals surface area contributed by atoms with Gasteiger partial charge in [0.05, 0.1) is 11.0 Å². The molecule has 0 fully saturated rings. The zero-order chi connectivity index (χ0) is 13.1. The number of aryl methyl sites for hydroxylation is 1. The quantitative estimate of drug-likeness (QED) is 0.671. The Morgan fingerprint density at radius 1 is 1.56 bits per heavy atom. The molecular weight excluding hydrogens is 273 g/mol. The summed E-state index contributed by atoms with van der Waals surface area (Å²) in [5.74, 6) is 5.20. The molecule has 0 saturated heterocycles. The first-order chi connectivity index (χ1) is 8.60. The first-order valence-electron chi connectivity index (χ1n) is 5.42. The van der Waals surface area contributed by atoms with Crippen LogP contribution in [0.5, 0.6) is 0 Å². The predicted molar refractivity (Wildman–Crippen MR) is 72.0 cm³/mol. The van der Waals surface area contributed by atoms with Crippen molar-refractivity contribution >= 4 is 22.9 Å². The van der Waals surface area contributed by atoms with Crippen molar-refractivity contribution in [3.05, 3.63) is 50.7 Å². The first kappa shape index (κ1) is 13.4. The number of nitrogens with zero attached hydrogens (tertiary/aromatic N) is 1. The molecule has 1 heterocycles. The number of hydrogen-bond donors (Lipinski definition) is 2. The zero-order valence-corrected chi connectivity index (χ0v) is 11.4. The van der Waals surface area contributed by atoms with Crippen LogP contribution in [0.4, 0.5) is 4.39 Å². The van der Waals surface area contributed by atoms with Crippen LogP contribution in [-0.4, -0.2) is 4.98 Å². The number of rotatable bonds is 4. The maximum absolute atomic E-state index is 13.2. The molecular formula is C12H13ClFN3S. The fourth-order valence-corrected chi connectivity index (χ4v) is 2.78. The van der Waals surface area contributed by atoms with Gasteiger partial charge in [0.15, 0.2) is 0 Å². The van der Waals surface area contributed by atoms with Gasteiger partial charge in [-0.25, -0.2) is 9.37 Å². The largest absolute Gasteiger partial charge is 0.271 e. The Kier molecular flexibility index (Phi) is 4.29.